The smallest absolute Gasteiger partial charge is 0.0440 e. The molecule has 1 aromatic rings. The maximum atomic E-state index is 9.40. The van der Waals surface area contributed by atoms with Gasteiger partial charge in [-0.15, -0.1) is 0 Å². The van der Waals surface area contributed by atoms with Crippen molar-refractivity contribution in [3.8, 4) is 0 Å². The van der Waals surface area contributed by atoms with Crippen LogP contribution in [0.1, 0.15) is 43.7 Å². The van der Waals surface area contributed by atoms with Crippen molar-refractivity contribution < 1.29 is 5.11 Å². The molecule has 1 aromatic carbocycles. The third-order valence-corrected chi connectivity index (χ3v) is 4.33. The molecule has 1 aliphatic carbocycles. The first-order valence-corrected chi connectivity index (χ1v) is 6.69. The molecule has 0 fully saturated rings. The predicted octanol–water partition coefficient (Wildman–Crippen LogP) is 2.38. The van der Waals surface area contributed by atoms with E-state index < -0.39 is 0 Å². The molecule has 0 bridgehead atoms. The van der Waals surface area contributed by atoms with Gasteiger partial charge in [0.2, 0.25) is 0 Å². The van der Waals surface area contributed by atoms with E-state index in [2.05, 4.69) is 31.2 Å². The van der Waals surface area contributed by atoms with Gasteiger partial charge in [-0.25, -0.2) is 0 Å². The summed E-state index contributed by atoms with van der Waals surface area (Å²) in [5.41, 5.74) is 9.18. The van der Waals surface area contributed by atoms with Crippen molar-refractivity contribution >= 4 is 0 Å². The maximum Gasteiger partial charge on any atom is 0.0440 e. The quantitative estimate of drug-likeness (QED) is 0.838. The highest BCUT2D eigenvalue weighted by Crippen LogP contribution is 2.42. The summed E-state index contributed by atoms with van der Waals surface area (Å²) in [6, 6.07) is 8.77. The number of hydrogen-bond donors (Lipinski definition) is 2. The Morgan fingerprint density at radius 1 is 1.41 bits per heavy atom. The van der Waals surface area contributed by atoms with E-state index in [9.17, 15) is 5.11 Å². The van der Waals surface area contributed by atoms with E-state index in [-0.39, 0.29) is 18.1 Å². The number of aryl methyl sites for hydroxylation is 1. The fourth-order valence-electron chi connectivity index (χ4n) is 3.37. The van der Waals surface area contributed by atoms with Gasteiger partial charge in [0, 0.05) is 18.1 Å². The Hall–Kier alpha value is -0.860. The van der Waals surface area contributed by atoms with E-state index in [4.69, 9.17) is 5.73 Å². The summed E-state index contributed by atoms with van der Waals surface area (Å²) < 4.78 is 0. The number of nitrogens with two attached hydrogens (primary N) is 1. The Morgan fingerprint density at radius 3 is 2.88 bits per heavy atom. The minimum atomic E-state index is -0.00164. The van der Waals surface area contributed by atoms with Crippen LogP contribution in [0.4, 0.5) is 0 Å². The van der Waals surface area contributed by atoms with Crippen molar-refractivity contribution in [3.63, 3.8) is 0 Å². The van der Waals surface area contributed by atoms with Gasteiger partial charge in [-0.2, -0.15) is 0 Å². The van der Waals surface area contributed by atoms with Gasteiger partial charge in [-0.1, -0.05) is 31.2 Å². The second kappa shape index (κ2) is 5.19. The lowest BCUT2D eigenvalue weighted by Gasteiger charge is -2.43. The van der Waals surface area contributed by atoms with Crippen LogP contribution in [0.5, 0.6) is 0 Å². The molecule has 2 atom stereocenters. The number of aliphatic hydroxyl groups excluding tert-OH is 1. The van der Waals surface area contributed by atoms with E-state index in [1.54, 1.807) is 0 Å². The zero-order valence-electron chi connectivity index (χ0n) is 10.7. The Balaban J connectivity index is 2.47. The highest BCUT2D eigenvalue weighted by molar-refractivity contribution is 5.38. The molecule has 0 aromatic heterocycles. The number of hydrogen-bond acceptors (Lipinski definition) is 2. The van der Waals surface area contributed by atoms with Crippen LogP contribution in [0.15, 0.2) is 24.3 Å². The molecule has 2 rings (SSSR count). The zero-order valence-corrected chi connectivity index (χ0v) is 10.7. The average Bonchev–Trinajstić information content (AvgIpc) is 2.38. The molecule has 0 heterocycles. The van der Waals surface area contributed by atoms with E-state index >= 15 is 0 Å². The fraction of sp³-hybridized carbons (Fsp3) is 0.600. The van der Waals surface area contributed by atoms with Gasteiger partial charge >= 0.3 is 0 Å². The molecule has 0 spiro atoms. The van der Waals surface area contributed by atoms with Crippen molar-refractivity contribution in [1.29, 1.82) is 0 Å². The van der Waals surface area contributed by atoms with Crippen LogP contribution in [0.2, 0.25) is 0 Å². The normalized spacial score (nSPS) is 25.4. The van der Waals surface area contributed by atoms with Crippen LogP contribution in [-0.4, -0.2) is 17.8 Å². The molecule has 3 N–H and O–H groups in total. The second-order valence-corrected chi connectivity index (χ2v) is 5.16. The summed E-state index contributed by atoms with van der Waals surface area (Å²) in [5, 5.41) is 9.40. The largest absolute Gasteiger partial charge is 0.396 e. The van der Waals surface area contributed by atoms with Gasteiger partial charge in [-0.05, 0) is 43.2 Å². The van der Waals surface area contributed by atoms with E-state index in [0.717, 1.165) is 25.7 Å². The van der Waals surface area contributed by atoms with Crippen LogP contribution in [0.3, 0.4) is 0 Å². The third kappa shape index (κ3) is 2.12. The van der Waals surface area contributed by atoms with Crippen molar-refractivity contribution in [3.05, 3.63) is 35.4 Å². The lowest BCUT2D eigenvalue weighted by molar-refractivity contribution is 0.193. The molecule has 1 aliphatic rings. The zero-order chi connectivity index (χ0) is 12.3. The fourth-order valence-corrected chi connectivity index (χ4v) is 3.37. The van der Waals surface area contributed by atoms with Gasteiger partial charge in [0.05, 0.1) is 0 Å². The summed E-state index contributed by atoms with van der Waals surface area (Å²) in [4.78, 5) is 0. The van der Waals surface area contributed by atoms with Crippen molar-refractivity contribution in [2.45, 2.75) is 50.5 Å². The van der Waals surface area contributed by atoms with Crippen LogP contribution in [0, 0.1) is 0 Å². The SMILES string of the molecule is CCC(N)C1(CCO)CCCc2ccccc21. The molecule has 17 heavy (non-hydrogen) atoms. The number of benzene rings is 1. The van der Waals surface area contributed by atoms with E-state index in [1.165, 1.54) is 17.5 Å². The molecule has 0 saturated carbocycles. The summed E-state index contributed by atoms with van der Waals surface area (Å²) in [7, 11) is 0. The molecule has 2 nitrogen and oxygen atoms in total. The van der Waals surface area contributed by atoms with Gasteiger partial charge in [-0.3, -0.25) is 0 Å². The molecule has 0 saturated heterocycles. The summed E-state index contributed by atoms with van der Waals surface area (Å²) in [6.45, 7) is 2.36. The van der Waals surface area contributed by atoms with Gasteiger partial charge in [0.15, 0.2) is 0 Å². The minimum absolute atomic E-state index is 0.00164. The van der Waals surface area contributed by atoms with Crippen LogP contribution >= 0.6 is 0 Å². The second-order valence-electron chi connectivity index (χ2n) is 5.16. The summed E-state index contributed by atoms with van der Waals surface area (Å²) in [6.07, 6.45) is 5.21. The van der Waals surface area contributed by atoms with Gasteiger partial charge < -0.3 is 10.8 Å². The predicted molar refractivity (Wildman–Crippen MR) is 71.0 cm³/mol. The summed E-state index contributed by atoms with van der Waals surface area (Å²) in [5.74, 6) is 0. The van der Waals surface area contributed by atoms with Crippen LogP contribution in [0.25, 0.3) is 0 Å². The van der Waals surface area contributed by atoms with E-state index in [0.29, 0.717) is 0 Å². The van der Waals surface area contributed by atoms with E-state index in [1.807, 2.05) is 0 Å². The first-order valence-electron chi connectivity index (χ1n) is 6.69. The minimum Gasteiger partial charge on any atom is -0.396 e. The van der Waals surface area contributed by atoms with Crippen LogP contribution in [-0.2, 0) is 11.8 Å². The lowest BCUT2D eigenvalue weighted by Crippen LogP contribution is -2.47. The monoisotopic (exact) mass is 233 g/mol. The Kier molecular flexibility index (Phi) is 3.85. The highest BCUT2D eigenvalue weighted by Gasteiger charge is 2.40. The van der Waals surface area contributed by atoms with Crippen molar-refractivity contribution in [1.82, 2.24) is 0 Å². The lowest BCUT2D eigenvalue weighted by atomic mass is 9.63. The first kappa shape index (κ1) is 12.6. The van der Waals surface area contributed by atoms with Crippen molar-refractivity contribution in [2.75, 3.05) is 6.61 Å². The molecular formula is C15H23NO. The highest BCUT2D eigenvalue weighted by atomic mass is 16.3. The maximum absolute atomic E-state index is 9.40. The third-order valence-electron chi connectivity index (χ3n) is 4.33. The van der Waals surface area contributed by atoms with Crippen molar-refractivity contribution in [2.24, 2.45) is 5.73 Å². The molecule has 0 radical (unpaired) electrons. The molecule has 0 amide bonds. The topological polar surface area (TPSA) is 46.2 Å². The molecular weight excluding hydrogens is 210 g/mol. The summed E-state index contributed by atoms with van der Waals surface area (Å²) >= 11 is 0. The Bertz CT molecular complexity index is 377. The van der Waals surface area contributed by atoms with Gasteiger partial charge in [0.1, 0.15) is 0 Å². The molecule has 2 heteroatoms. The first-order chi connectivity index (χ1) is 8.24. The van der Waals surface area contributed by atoms with Gasteiger partial charge in [0.25, 0.3) is 0 Å². The Labute approximate surface area is 104 Å². The standard InChI is InChI=1S/C15H23NO/c1-2-14(16)15(10-11-17)9-5-7-12-6-3-4-8-13(12)15/h3-4,6,8,14,17H,2,5,7,9-11,16H2,1H3. The average molecular weight is 233 g/mol. The Morgan fingerprint density at radius 2 is 2.18 bits per heavy atom. The molecule has 94 valence electrons. The molecule has 0 aliphatic heterocycles. The molecule has 2 unspecified atom stereocenters. The number of fused-ring (bicyclic) bond motifs is 1. The number of aliphatic hydroxyl groups is 1. The number of rotatable bonds is 4. The van der Waals surface area contributed by atoms with Crippen LogP contribution < -0.4 is 5.73 Å².